The van der Waals surface area contributed by atoms with Crippen molar-refractivity contribution in [1.82, 2.24) is 0 Å². The van der Waals surface area contributed by atoms with E-state index in [2.05, 4.69) is 5.32 Å². The van der Waals surface area contributed by atoms with Gasteiger partial charge in [0.2, 0.25) is 5.91 Å². The number of ether oxygens (including phenoxy) is 1. The summed E-state index contributed by atoms with van der Waals surface area (Å²) in [4.78, 5) is 29.7. The standard InChI is InChI=1S/C14H21NO2.C2H2O3/c1-6-10-11(8-7-9-12(10)17-5)15-13(16)14(2,3)4;3-1-2(4)5/h7-9H,6H2,1-5H3,(H,15,16);1H,(H,4,5)/p-1. The number of methoxy groups -OCH3 is 1. The second-order valence-corrected chi connectivity index (χ2v) is 5.48. The molecule has 0 bridgehead atoms. The Bertz CT molecular complexity index is 532. The minimum absolute atomic E-state index is 0.0143. The fourth-order valence-corrected chi connectivity index (χ4v) is 1.55. The lowest BCUT2D eigenvalue weighted by atomic mass is 9.95. The van der Waals surface area contributed by atoms with E-state index in [0.29, 0.717) is 0 Å². The highest BCUT2D eigenvalue weighted by atomic mass is 16.5. The molecule has 0 aliphatic heterocycles. The number of aliphatic carboxylic acids is 1. The molecule has 1 amide bonds. The molecule has 122 valence electrons. The van der Waals surface area contributed by atoms with Gasteiger partial charge < -0.3 is 20.0 Å². The molecule has 1 aromatic rings. The molecule has 0 spiro atoms. The van der Waals surface area contributed by atoms with Gasteiger partial charge in [0, 0.05) is 16.7 Å². The summed E-state index contributed by atoms with van der Waals surface area (Å²) < 4.78 is 5.29. The Balaban J connectivity index is 0.000000763. The Morgan fingerprint density at radius 1 is 1.32 bits per heavy atom. The third-order valence-electron chi connectivity index (χ3n) is 2.73. The molecule has 6 heteroatoms. The van der Waals surface area contributed by atoms with E-state index < -0.39 is 11.4 Å². The van der Waals surface area contributed by atoms with Crippen molar-refractivity contribution in [1.29, 1.82) is 0 Å². The summed E-state index contributed by atoms with van der Waals surface area (Å²) in [5, 5.41) is 11.8. The first-order chi connectivity index (χ1) is 10.2. The van der Waals surface area contributed by atoms with Crippen LogP contribution in [0.4, 0.5) is 5.69 Å². The SMILES string of the molecule is CCc1c(NC(=O)C(C)(C)C)cccc1OC.O=CC(=O)[O-]. The maximum Gasteiger partial charge on any atom is 0.229 e. The van der Waals surface area contributed by atoms with Gasteiger partial charge in [-0.05, 0) is 18.6 Å². The van der Waals surface area contributed by atoms with E-state index in [9.17, 15) is 4.79 Å². The van der Waals surface area contributed by atoms with Crippen molar-refractivity contribution in [3.05, 3.63) is 23.8 Å². The summed E-state index contributed by atoms with van der Waals surface area (Å²) >= 11 is 0. The Morgan fingerprint density at radius 3 is 2.23 bits per heavy atom. The number of benzene rings is 1. The number of hydrogen-bond acceptors (Lipinski definition) is 5. The third-order valence-corrected chi connectivity index (χ3v) is 2.73. The largest absolute Gasteiger partial charge is 0.542 e. The second-order valence-electron chi connectivity index (χ2n) is 5.48. The van der Waals surface area contributed by atoms with Crippen molar-refractivity contribution in [2.75, 3.05) is 12.4 Å². The fraction of sp³-hybridized carbons (Fsp3) is 0.438. The van der Waals surface area contributed by atoms with E-state index in [1.165, 1.54) is 0 Å². The smallest absolute Gasteiger partial charge is 0.229 e. The molecule has 0 radical (unpaired) electrons. The van der Waals surface area contributed by atoms with Gasteiger partial charge in [-0.2, -0.15) is 0 Å². The van der Waals surface area contributed by atoms with E-state index in [1.54, 1.807) is 7.11 Å². The van der Waals surface area contributed by atoms with E-state index in [-0.39, 0.29) is 12.2 Å². The lowest BCUT2D eigenvalue weighted by molar-refractivity contribution is -0.298. The minimum atomic E-state index is -1.68. The quantitative estimate of drug-likeness (QED) is 0.665. The Kier molecular flexibility index (Phi) is 7.87. The van der Waals surface area contributed by atoms with Gasteiger partial charge in [-0.1, -0.05) is 33.8 Å². The summed E-state index contributed by atoms with van der Waals surface area (Å²) in [6.07, 6.45) is 0.545. The van der Waals surface area contributed by atoms with Crippen molar-refractivity contribution in [2.45, 2.75) is 34.1 Å². The number of carboxylic acid groups (broad SMARTS) is 1. The molecular formula is C16H22NO5-. The Hall–Kier alpha value is -2.37. The zero-order chi connectivity index (χ0) is 17.3. The van der Waals surface area contributed by atoms with Gasteiger partial charge in [0.1, 0.15) is 11.7 Å². The first kappa shape index (κ1) is 19.6. The normalized spacial score (nSPS) is 10.0. The van der Waals surface area contributed by atoms with Crippen molar-refractivity contribution < 1.29 is 24.2 Å². The number of anilines is 1. The van der Waals surface area contributed by atoms with E-state index >= 15 is 0 Å². The first-order valence-corrected chi connectivity index (χ1v) is 6.80. The monoisotopic (exact) mass is 308 g/mol. The number of carbonyl (C=O) groups is 3. The predicted molar refractivity (Wildman–Crippen MR) is 81.5 cm³/mol. The van der Waals surface area contributed by atoms with Gasteiger partial charge in [-0.15, -0.1) is 0 Å². The van der Waals surface area contributed by atoms with Crippen LogP contribution in [0.15, 0.2) is 18.2 Å². The highest BCUT2D eigenvalue weighted by Crippen LogP contribution is 2.28. The molecule has 0 aliphatic rings. The van der Waals surface area contributed by atoms with Crippen LogP contribution in [-0.4, -0.2) is 25.3 Å². The molecule has 1 N–H and O–H groups in total. The molecule has 0 saturated heterocycles. The van der Waals surface area contributed by atoms with Crippen LogP contribution in [0.3, 0.4) is 0 Å². The van der Waals surface area contributed by atoms with Gasteiger partial charge in [-0.3, -0.25) is 9.59 Å². The highest BCUT2D eigenvalue weighted by molar-refractivity contribution is 6.17. The zero-order valence-corrected chi connectivity index (χ0v) is 13.6. The van der Waals surface area contributed by atoms with Crippen molar-refractivity contribution in [2.24, 2.45) is 5.41 Å². The van der Waals surface area contributed by atoms with Crippen molar-refractivity contribution >= 4 is 23.9 Å². The van der Waals surface area contributed by atoms with Crippen LogP contribution in [0.1, 0.15) is 33.3 Å². The van der Waals surface area contributed by atoms with Crippen LogP contribution in [-0.2, 0) is 20.8 Å². The second kappa shape index (κ2) is 8.81. The van der Waals surface area contributed by atoms with Gasteiger partial charge >= 0.3 is 0 Å². The molecule has 0 heterocycles. The molecule has 0 aromatic heterocycles. The fourth-order valence-electron chi connectivity index (χ4n) is 1.55. The molecule has 0 atom stereocenters. The van der Waals surface area contributed by atoms with E-state index in [0.717, 1.165) is 23.4 Å². The number of hydrogen-bond donors (Lipinski definition) is 1. The molecule has 0 saturated carbocycles. The zero-order valence-electron chi connectivity index (χ0n) is 13.6. The Morgan fingerprint density at radius 2 is 1.86 bits per heavy atom. The first-order valence-electron chi connectivity index (χ1n) is 6.80. The number of nitrogens with one attached hydrogen (secondary N) is 1. The van der Waals surface area contributed by atoms with Gasteiger partial charge in [-0.25, -0.2) is 0 Å². The average Bonchev–Trinajstić information content (AvgIpc) is 2.46. The summed E-state index contributed by atoms with van der Waals surface area (Å²) in [5.41, 5.74) is 1.48. The molecule has 0 fully saturated rings. The summed E-state index contributed by atoms with van der Waals surface area (Å²) in [6.45, 7) is 7.74. The predicted octanol–water partition coefficient (Wildman–Crippen LogP) is 1.18. The number of carboxylic acids is 1. The minimum Gasteiger partial charge on any atom is -0.542 e. The maximum atomic E-state index is 11.9. The number of amides is 1. The molecule has 0 aliphatic carbocycles. The van der Waals surface area contributed by atoms with E-state index in [4.69, 9.17) is 19.4 Å². The van der Waals surface area contributed by atoms with Crippen LogP contribution in [0, 0.1) is 5.41 Å². The van der Waals surface area contributed by atoms with Crippen LogP contribution >= 0.6 is 0 Å². The molecule has 6 nitrogen and oxygen atoms in total. The highest BCUT2D eigenvalue weighted by Gasteiger charge is 2.22. The summed E-state index contributed by atoms with van der Waals surface area (Å²) in [7, 11) is 1.64. The average molecular weight is 308 g/mol. The van der Waals surface area contributed by atoms with Crippen LogP contribution in [0.25, 0.3) is 0 Å². The molecular weight excluding hydrogens is 286 g/mol. The van der Waals surface area contributed by atoms with Crippen LogP contribution in [0.5, 0.6) is 5.75 Å². The molecule has 1 aromatic carbocycles. The van der Waals surface area contributed by atoms with Gasteiger partial charge in [0.25, 0.3) is 0 Å². The Labute approximate surface area is 130 Å². The third kappa shape index (κ3) is 6.39. The number of carbonyl (C=O) groups excluding carboxylic acids is 3. The summed E-state index contributed by atoms with van der Waals surface area (Å²) in [5.74, 6) is -0.843. The van der Waals surface area contributed by atoms with Crippen molar-refractivity contribution in [3.63, 3.8) is 0 Å². The molecule has 22 heavy (non-hydrogen) atoms. The van der Waals surface area contributed by atoms with Gasteiger partial charge in [0.05, 0.1) is 7.11 Å². The van der Waals surface area contributed by atoms with E-state index in [1.807, 2.05) is 45.9 Å². The van der Waals surface area contributed by atoms with Crippen molar-refractivity contribution in [3.8, 4) is 5.75 Å². The lowest BCUT2D eigenvalue weighted by Crippen LogP contribution is -2.28. The summed E-state index contributed by atoms with van der Waals surface area (Å²) in [6, 6.07) is 5.70. The van der Waals surface area contributed by atoms with Gasteiger partial charge in [0.15, 0.2) is 6.29 Å². The van der Waals surface area contributed by atoms with Crippen LogP contribution < -0.4 is 15.2 Å². The molecule has 0 unspecified atom stereocenters. The topological polar surface area (TPSA) is 95.5 Å². The number of aldehydes is 1. The molecule has 1 rings (SSSR count). The maximum absolute atomic E-state index is 11.9. The number of rotatable bonds is 4. The lowest BCUT2D eigenvalue weighted by Gasteiger charge is -2.20. The van der Waals surface area contributed by atoms with Crippen LogP contribution in [0.2, 0.25) is 0 Å².